The van der Waals surface area contributed by atoms with Crippen LogP contribution in [-0.4, -0.2) is 50.1 Å². The lowest BCUT2D eigenvalue weighted by atomic mass is 9.99. The molecule has 1 aromatic carbocycles. The molecule has 0 radical (unpaired) electrons. The molecule has 106 valence electrons. The van der Waals surface area contributed by atoms with Gasteiger partial charge in [0.25, 0.3) is 0 Å². The molecule has 0 N–H and O–H groups in total. The van der Waals surface area contributed by atoms with Crippen molar-refractivity contribution in [3.05, 3.63) is 35.9 Å². The van der Waals surface area contributed by atoms with E-state index < -0.39 is 0 Å². The largest absolute Gasteiger partial charge is 0.469 e. The number of methoxy groups -OCH3 is 1. The van der Waals surface area contributed by atoms with Crippen molar-refractivity contribution in [1.29, 1.82) is 0 Å². The fourth-order valence-electron chi connectivity index (χ4n) is 2.03. The summed E-state index contributed by atoms with van der Waals surface area (Å²) >= 11 is 1.85. The van der Waals surface area contributed by atoms with Gasteiger partial charge >= 0.3 is 5.97 Å². The molecule has 1 unspecified atom stereocenters. The maximum atomic E-state index is 11.9. The third-order valence-electron chi connectivity index (χ3n) is 3.07. The first-order chi connectivity index (χ1) is 9.19. The molecule has 0 fully saturated rings. The zero-order valence-electron chi connectivity index (χ0n) is 12.0. The Morgan fingerprint density at radius 2 is 2.05 bits per heavy atom. The van der Waals surface area contributed by atoms with Crippen molar-refractivity contribution < 1.29 is 9.53 Å². The molecule has 0 aliphatic rings. The highest BCUT2D eigenvalue weighted by Gasteiger charge is 2.22. The summed E-state index contributed by atoms with van der Waals surface area (Å²) in [5.41, 5.74) is 1.02. The van der Waals surface area contributed by atoms with Crippen LogP contribution in [0.25, 0.3) is 0 Å². The van der Waals surface area contributed by atoms with Crippen LogP contribution in [0.2, 0.25) is 0 Å². The second kappa shape index (κ2) is 8.99. The standard InChI is InChI=1S/C15H23NO2S/c1-16(10-7-11-19-3)12-14(15(17)18-2)13-8-5-4-6-9-13/h4-6,8-9,14H,7,10-12H2,1-3H3. The first-order valence-electron chi connectivity index (χ1n) is 6.49. The van der Waals surface area contributed by atoms with Crippen molar-refractivity contribution >= 4 is 17.7 Å². The number of hydrogen-bond acceptors (Lipinski definition) is 4. The van der Waals surface area contributed by atoms with Crippen molar-refractivity contribution in [2.75, 3.05) is 39.3 Å². The molecule has 0 saturated carbocycles. The average molecular weight is 281 g/mol. The lowest BCUT2D eigenvalue weighted by molar-refractivity contribution is -0.142. The zero-order chi connectivity index (χ0) is 14.1. The molecule has 0 amide bonds. The van der Waals surface area contributed by atoms with Gasteiger partial charge in [-0.2, -0.15) is 11.8 Å². The number of carbonyl (C=O) groups is 1. The van der Waals surface area contributed by atoms with Gasteiger partial charge in [0.2, 0.25) is 0 Å². The van der Waals surface area contributed by atoms with Gasteiger partial charge in [0.15, 0.2) is 0 Å². The van der Waals surface area contributed by atoms with E-state index in [1.807, 2.05) is 42.1 Å². The monoisotopic (exact) mass is 281 g/mol. The van der Waals surface area contributed by atoms with Crippen LogP contribution >= 0.6 is 11.8 Å². The Morgan fingerprint density at radius 3 is 2.63 bits per heavy atom. The van der Waals surface area contributed by atoms with Crippen LogP contribution in [0.1, 0.15) is 17.9 Å². The molecular formula is C15H23NO2S. The summed E-state index contributed by atoms with van der Waals surface area (Å²) in [4.78, 5) is 14.1. The summed E-state index contributed by atoms with van der Waals surface area (Å²) in [6.07, 6.45) is 3.25. The number of rotatable bonds is 8. The predicted molar refractivity (Wildman–Crippen MR) is 81.7 cm³/mol. The van der Waals surface area contributed by atoms with Gasteiger partial charge in [-0.25, -0.2) is 0 Å². The van der Waals surface area contributed by atoms with Crippen LogP contribution in [0.4, 0.5) is 0 Å². The van der Waals surface area contributed by atoms with E-state index in [4.69, 9.17) is 4.74 Å². The smallest absolute Gasteiger partial charge is 0.314 e. The Morgan fingerprint density at radius 1 is 1.37 bits per heavy atom. The highest BCUT2D eigenvalue weighted by Crippen LogP contribution is 2.18. The number of hydrogen-bond donors (Lipinski definition) is 0. The first kappa shape index (κ1) is 16.1. The number of esters is 1. The van der Waals surface area contributed by atoms with Crippen molar-refractivity contribution in [3.63, 3.8) is 0 Å². The molecule has 1 aromatic rings. The highest BCUT2D eigenvalue weighted by molar-refractivity contribution is 7.98. The van der Waals surface area contributed by atoms with E-state index in [1.165, 1.54) is 7.11 Å². The van der Waals surface area contributed by atoms with Crippen LogP contribution in [0.3, 0.4) is 0 Å². The third kappa shape index (κ3) is 5.66. The quantitative estimate of drug-likeness (QED) is 0.541. The van der Waals surface area contributed by atoms with E-state index >= 15 is 0 Å². The SMILES string of the molecule is COC(=O)C(CN(C)CCCSC)c1ccccc1. The molecule has 1 atom stereocenters. The average Bonchev–Trinajstić information content (AvgIpc) is 2.45. The molecule has 0 aromatic heterocycles. The molecular weight excluding hydrogens is 258 g/mol. The van der Waals surface area contributed by atoms with Crippen molar-refractivity contribution in [3.8, 4) is 0 Å². The number of thioether (sulfide) groups is 1. The summed E-state index contributed by atoms with van der Waals surface area (Å²) in [6.45, 7) is 1.70. The van der Waals surface area contributed by atoms with Crippen LogP contribution < -0.4 is 0 Å². The molecule has 0 spiro atoms. The van der Waals surface area contributed by atoms with Gasteiger partial charge in [-0.15, -0.1) is 0 Å². The molecule has 0 bridgehead atoms. The van der Waals surface area contributed by atoms with E-state index in [-0.39, 0.29) is 11.9 Å². The fraction of sp³-hybridized carbons (Fsp3) is 0.533. The summed E-state index contributed by atoms with van der Waals surface area (Å²) in [5, 5.41) is 0. The van der Waals surface area contributed by atoms with Crippen molar-refractivity contribution in [1.82, 2.24) is 4.90 Å². The second-order valence-electron chi connectivity index (χ2n) is 4.60. The lowest BCUT2D eigenvalue weighted by Crippen LogP contribution is -2.30. The molecule has 4 heteroatoms. The lowest BCUT2D eigenvalue weighted by Gasteiger charge is -2.22. The molecule has 0 aliphatic heterocycles. The zero-order valence-corrected chi connectivity index (χ0v) is 12.8. The van der Waals surface area contributed by atoms with E-state index in [1.54, 1.807) is 0 Å². The molecule has 1 rings (SSSR count). The third-order valence-corrected chi connectivity index (χ3v) is 3.77. The summed E-state index contributed by atoms with van der Waals surface area (Å²) < 4.78 is 4.92. The van der Waals surface area contributed by atoms with E-state index in [0.717, 1.165) is 24.3 Å². The van der Waals surface area contributed by atoms with E-state index in [0.29, 0.717) is 6.54 Å². The topological polar surface area (TPSA) is 29.5 Å². The number of nitrogens with zero attached hydrogens (tertiary/aromatic N) is 1. The van der Waals surface area contributed by atoms with E-state index in [2.05, 4.69) is 18.2 Å². The normalized spacial score (nSPS) is 12.4. The number of likely N-dealkylation sites (N-methyl/N-ethyl adjacent to an activating group) is 1. The first-order valence-corrected chi connectivity index (χ1v) is 7.88. The second-order valence-corrected chi connectivity index (χ2v) is 5.58. The molecule has 0 saturated heterocycles. The summed E-state index contributed by atoms with van der Waals surface area (Å²) in [7, 11) is 3.51. The van der Waals surface area contributed by atoms with Gasteiger partial charge in [0, 0.05) is 6.54 Å². The van der Waals surface area contributed by atoms with Crippen LogP contribution in [0.15, 0.2) is 30.3 Å². The Bertz CT molecular complexity index is 370. The van der Waals surface area contributed by atoms with Gasteiger partial charge in [-0.05, 0) is 37.6 Å². The van der Waals surface area contributed by atoms with Crippen LogP contribution in [0.5, 0.6) is 0 Å². The fourth-order valence-corrected chi connectivity index (χ4v) is 2.44. The molecule has 3 nitrogen and oxygen atoms in total. The number of carbonyl (C=O) groups excluding carboxylic acids is 1. The molecule has 0 aliphatic carbocycles. The number of ether oxygens (including phenoxy) is 1. The minimum absolute atomic E-state index is 0.164. The minimum Gasteiger partial charge on any atom is -0.469 e. The van der Waals surface area contributed by atoms with Gasteiger partial charge in [0.1, 0.15) is 0 Å². The predicted octanol–water partition coefficient (Wildman–Crippen LogP) is 2.63. The van der Waals surface area contributed by atoms with E-state index in [9.17, 15) is 4.79 Å². The van der Waals surface area contributed by atoms with Gasteiger partial charge in [0.05, 0.1) is 13.0 Å². The Hall–Kier alpha value is -1.00. The molecule has 19 heavy (non-hydrogen) atoms. The molecule has 0 heterocycles. The Labute approximate surface area is 120 Å². The maximum absolute atomic E-state index is 11.9. The maximum Gasteiger partial charge on any atom is 0.314 e. The summed E-state index contributed by atoms with van der Waals surface area (Å²) in [5.74, 6) is 0.784. The van der Waals surface area contributed by atoms with Gasteiger partial charge in [-0.3, -0.25) is 4.79 Å². The summed E-state index contributed by atoms with van der Waals surface area (Å²) in [6, 6.07) is 9.84. The van der Waals surface area contributed by atoms with Crippen LogP contribution in [-0.2, 0) is 9.53 Å². The van der Waals surface area contributed by atoms with Crippen molar-refractivity contribution in [2.45, 2.75) is 12.3 Å². The highest BCUT2D eigenvalue weighted by atomic mass is 32.2. The van der Waals surface area contributed by atoms with Gasteiger partial charge < -0.3 is 9.64 Å². The minimum atomic E-state index is -0.203. The van der Waals surface area contributed by atoms with Gasteiger partial charge in [-0.1, -0.05) is 30.3 Å². The van der Waals surface area contributed by atoms with Crippen LogP contribution in [0, 0.1) is 0 Å². The Kier molecular flexibility index (Phi) is 7.60. The number of benzene rings is 1. The Balaban J connectivity index is 2.63. The van der Waals surface area contributed by atoms with Crippen molar-refractivity contribution in [2.24, 2.45) is 0 Å².